The molecule has 1 unspecified atom stereocenters. The smallest absolute Gasteiger partial charge is 0.341 e. The first-order valence-electron chi connectivity index (χ1n) is 8.66. The van der Waals surface area contributed by atoms with Crippen molar-refractivity contribution >= 4 is 11.9 Å². The first-order valence-corrected chi connectivity index (χ1v) is 8.66. The Hall–Kier alpha value is -2.94. The number of rotatable bonds is 6. The Labute approximate surface area is 156 Å². The molecule has 1 aliphatic heterocycles. The van der Waals surface area contributed by atoms with Gasteiger partial charge in [0.05, 0.1) is 19.3 Å². The monoisotopic (exact) mass is 374 g/mol. The van der Waals surface area contributed by atoms with Gasteiger partial charge in [-0.05, 0) is 32.0 Å². The van der Waals surface area contributed by atoms with Crippen molar-refractivity contribution in [1.82, 2.24) is 19.7 Å². The van der Waals surface area contributed by atoms with Gasteiger partial charge in [-0.3, -0.25) is 4.79 Å². The van der Waals surface area contributed by atoms with Crippen LogP contribution in [0.2, 0.25) is 0 Å². The predicted octanol–water partition coefficient (Wildman–Crippen LogP) is 0.900. The number of aliphatic carboxylic acids is 1. The molecular formula is C18H22N4O5. The van der Waals surface area contributed by atoms with Gasteiger partial charge in [-0.1, -0.05) is 6.07 Å². The molecule has 9 heteroatoms. The van der Waals surface area contributed by atoms with Crippen LogP contribution in [-0.2, 0) is 16.1 Å². The number of hydrogen-bond acceptors (Lipinski definition) is 6. The van der Waals surface area contributed by atoms with E-state index in [2.05, 4.69) is 10.1 Å². The number of ether oxygens (including phenoxy) is 2. The minimum atomic E-state index is -1.07. The first-order chi connectivity index (χ1) is 12.9. The number of carbonyl (C=O) groups excluding carboxylic acids is 1. The number of carbonyl (C=O) groups is 2. The molecular weight excluding hydrogens is 352 g/mol. The Balaban J connectivity index is 1.65. The number of amides is 1. The maximum Gasteiger partial charge on any atom is 0.341 e. The molecule has 1 aromatic heterocycles. The second kappa shape index (κ2) is 8.17. The zero-order valence-corrected chi connectivity index (χ0v) is 15.3. The molecule has 9 nitrogen and oxygen atoms in total. The van der Waals surface area contributed by atoms with Crippen LogP contribution in [-0.4, -0.2) is 69.1 Å². The van der Waals surface area contributed by atoms with Crippen molar-refractivity contribution in [1.29, 1.82) is 0 Å². The van der Waals surface area contributed by atoms with Gasteiger partial charge in [0.2, 0.25) is 0 Å². The standard InChI is InChI=1S/C18H22N4O5/c1-12-19-13(2)22(20-12)10-16-9-21(6-7-26-16)18(25)14-4-3-5-15(8-14)27-11-17(23)24/h3-5,8,16H,6-7,9-11H2,1-2H3,(H,23,24). The molecule has 0 bridgehead atoms. The van der Waals surface area contributed by atoms with E-state index >= 15 is 0 Å². The summed E-state index contributed by atoms with van der Waals surface area (Å²) in [6.45, 7) is 5.17. The lowest BCUT2D eigenvalue weighted by atomic mass is 10.1. The predicted molar refractivity (Wildman–Crippen MR) is 94.7 cm³/mol. The van der Waals surface area contributed by atoms with Crippen LogP contribution in [0.3, 0.4) is 0 Å². The zero-order valence-electron chi connectivity index (χ0n) is 15.3. The quantitative estimate of drug-likeness (QED) is 0.800. The van der Waals surface area contributed by atoms with E-state index in [0.29, 0.717) is 43.4 Å². The highest BCUT2D eigenvalue weighted by atomic mass is 16.5. The molecule has 0 saturated carbocycles. The molecule has 1 aromatic carbocycles. The molecule has 144 valence electrons. The van der Waals surface area contributed by atoms with Gasteiger partial charge in [-0.25, -0.2) is 14.5 Å². The lowest BCUT2D eigenvalue weighted by Crippen LogP contribution is -2.47. The van der Waals surface area contributed by atoms with E-state index in [-0.39, 0.29) is 12.0 Å². The Bertz CT molecular complexity index is 835. The van der Waals surface area contributed by atoms with Crippen LogP contribution in [0.5, 0.6) is 5.75 Å². The van der Waals surface area contributed by atoms with E-state index in [1.807, 2.05) is 13.8 Å². The third-order valence-corrected chi connectivity index (χ3v) is 4.21. The maximum atomic E-state index is 12.8. The maximum absolute atomic E-state index is 12.8. The second-order valence-corrected chi connectivity index (χ2v) is 6.34. The van der Waals surface area contributed by atoms with Crippen LogP contribution in [0.25, 0.3) is 0 Å². The average molecular weight is 374 g/mol. The molecule has 3 rings (SSSR count). The van der Waals surface area contributed by atoms with E-state index in [0.717, 1.165) is 5.82 Å². The summed E-state index contributed by atoms with van der Waals surface area (Å²) in [6, 6.07) is 6.54. The lowest BCUT2D eigenvalue weighted by Gasteiger charge is -2.33. The number of benzene rings is 1. The van der Waals surface area contributed by atoms with E-state index in [9.17, 15) is 9.59 Å². The highest BCUT2D eigenvalue weighted by molar-refractivity contribution is 5.94. The van der Waals surface area contributed by atoms with Crippen molar-refractivity contribution in [2.45, 2.75) is 26.5 Å². The van der Waals surface area contributed by atoms with Crippen LogP contribution in [0, 0.1) is 13.8 Å². The summed E-state index contributed by atoms with van der Waals surface area (Å²) in [4.78, 5) is 29.5. The molecule has 1 N–H and O–H groups in total. The number of aromatic nitrogens is 3. The zero-order chi connectivity index (χ0) is 19.4. The first kappa shape index (κ1) is 18.8. The molecule has 1 atom stereocenters. The van der Waals surface area contributed by atoms with Crippen LogP contribution in [0.1, 0.15) is 22.0 Å². The number of hydrogen-bond donors (Lipinski definition) is 1. The van der Waals surface area contributed by atoms with Crippen LogP contribution < -0.4 is 4.74 Å². The summed E-state index contributed by atoms with van der Waals surface area (Å²) in [6.07, 6.45) is -0.172. The third-order valence-electron chi connectivity index (χ3n) is 4.21. The lowest BCUT2D eigenvalue weighted by molar-refractivity contribution is -0.139. The SMILES string of the molecule is Cc1nc(C)n(CC2CN(C(=O)c3cccc(OCC(=O)O)c3)CCO2)n1. The molecule has 0 radical (unpaired) electrons. The van der Waals surface area contributed by atoms with E-state index < -0.39 is 12.6 Å². The topological polar surface area (TPSA) is 107 Å². The molecule has 1 aliphatic rings. The second-order valence-electron chi connectivity index (χ2n) is 6.34. The van der Waals surface area contributed by atoms with Gasteiger partial charge in [-0.15, -0.1) is 0 Å². The highest BCUT2D eigenvalue weighted by Crippen LogP contribution is 2.17. The summed E-state index contributed by atoms with van der Waals surface area (Å²) < 4.78 is 12.7. The fourth-order valence-corrected chi connectivity index (χ4v) is 2.99. The van der Waals surface area contributed by atoms with Gasteiger partial charge in [-0.2, -0.15) is 5.10 Å². The Morgan fingerprint density at radius 3 is 2.89 bits per heavy atom. The van der Waals surface area contributed by atoms with Crippen molar-refractivity contribution in [2.24, 2.45) is 0 Å². The molecule has 0 spiro atoms. The van der Waals surface area contributed by atoms with Gasteiger partial charge in [0.1, 0.15) is 17.4 Å². The van der Waals surface area contributed by atoms with Gasteiger partial charge in [0, 0.05) is 18.7 Å². The van der Waals surface area contributed by atoms with Gasteiger partial charge >= 0.3 is 5.97 Å². The van der Waals surface area contributed by atoms with Crippen molar-refractivity contribution in [3.63, 3.8) is 0 Å². The van der Waals surface area contributed by atoms with Gasteiger partial charge in [0.15, 0.2) is 6.61 Å². The van der Waals surface area contributed by atoms with Crippen molar-refractivity contribution in [3.8, 4) is 5.75 Å². The molecule has 1 fully saturated rings. The summed E-state index contributed by atoms with van der Waals surface area (Å²) >= 11 is 0. The summed E-state index contributed by atoms with van der Waals surface area (Å²) in [7, 11) is 0. The van der Waals surface area contributed by atoms with E-state index in [1.54, 1.807) is 33.8 Å². The van der Waals surface area contributed by atoms with Crippen LogP contribution >= 0.6 is 0 Å². The molecule has 2 aromatic rings. The number of aryl methyl sites for hydroxylation is 2. The molecule has 27 heavy (non-hydrogen) atoms. The number of carboxylic acids is 1. The fourth-order valence-electron chi connectivity index (χ4n) is 2.99. The van der Waals surface area contributed by atoms with Crippen molar-refractivity contribution < 1.29 is 24.2 Å². The van der Waals surface area contributed by atoms with Crippen molar-refractivity contribution in [3.05, 3.63) is 41.5 Å². The Kier molecular flexibility index (Phi) is 5.70. The number of nitrogens with zero attached hydrogens (tertiary/aromatic N) is 4. The molecule has 1 amide bonds. The van der Waals surface area contributed by atoms with Crippen LogP contribution in [0.4, 0.5) is 0 Å². The minimum absolute atomic E-state index is 0.143. The normalized spacial score (nSPS) is 17.0. The summed E-state index contributed by atoms with van der Waals surface area (Å²) in [5.74, 6) is 0.649. The Morgan fingerprint density at radius 2 is 2.19 bits per heavy atom. The molecule has 0 aliphatic carbocycles. The highest BCUT2D eigenvalue weighted by Gasteiger charge is 2.26. The van der Waals surface area contributed by atoms with Gasteiger partial charge < -0.3 is 19.5 Å². The Morgan fingerprint density at radius 1 is 1.37 bits per heavy atom. The van der Waals surface area contributed by atoms with E-state index in [1.165, 1.54) is 0 Å². The summed E-state index contributed by atoms with van der Waals surface area (Å²) in [5, 5.41) is 13.0. The third kappa shape index (κ3) is 4.82. The number of morpholine rings is 1. The van der Waals surface area contributed by atoms with Crippen molar-refractivity contribution in [2.75, 3.05) is 26.3 Å². The number of carboxylic acid groups (broad SMARTS) is 1. The van der Waals surface area contributed by atoms with E-state index in [4.69, 9.17) is 14.6 Å². The average Bonchev–Trinajstić information content (AvgIpc) is 2.97. The molecule has 2 heterocycles. The molecule has 1 saturated heterocycles. The van der Waals surface area contributed by atoms with Crippen LogP contribution in [0.15, 0.2) is 24.3 Å². The fraction of sp³-hybridized carbons (Fsp3) is 0.444. The van der Waals surface area contributed by atoms with Gasteiger partial charge in [0.25, 0.3) is 5.91 Å². The minimum Gasteiger partial charge on any atom is -0.482 e. The largest absolute Gasteiger partial charge is 0.482 e. The summed E-state index contributed by atoms with van der Waals surface area (Å²) in [5.41, 5.74) is 0.450.